The van der Waals surface area contributed by atoms with E-state index in [2.05, 4.69) is 10.6 Å². The predicted molar refractivity (Wildman–Crippen MR) is 56.3 cm³/mol. The summed E-state index contributed by atoms with van der Waals surface area (Å²) in [4.78, 5) is 11.6. The van der Waals surface area contributed by atoms with Crippen LogP contribution in [0.25, 0.3) is 0 Å². The summed E-state index contributed by atoms with van der Waals surface area (Å²) < 4.78 is 5.36. The lowest BCUT2D eigenvalue weighted by atomic mass is 10.2. The van der Waals surface area contributed by atoms with Crippen molar-refractivity contribution in [3.05, 3.63) is 23.7 Å². The van der Waals surface area contributed by atoms with Gasteiger partial charge in [-0.1, -0.05) is 0 Å². The van der Waals surface area contributed by atoms with Crippen molar-refractivity contribution in [1.82, 2.24) is 10.6 Å². The second kappa shape index (κ2) is 4.49. The maximum Gasteiger partial charge on any atom is 0.237 e. The van der Waals surface area contributed by atoms with Gasteiger partial charge in [0, 0.05) is 0 Å². The molecule has 1 fully saturated rings. The van der Waals surface area contributed by atoms with Crippen LogP contribution in [0.4, 0.5) is 0 Å². The highest BCUT2D eigenvalue weighted by atomic mass is 16.3. The molecule has 0 aliphatic carbocycles. The molecule has 1 aliphatic rings. The molecule has 0 bridgehead atoms. The SMILES string of the molecule is Cc1ccc(CNC(=O)C2CCCN2)o1. The van der Waals surface area contributed by atoms with Gasteiger partial charge in [-0.2, -0.15) is 0 Å². The number of aryl methyl sites for hydroxylation is 1. The van der Waals surface area contributed by atoms with Crippen molar-refractivity contribution in [3.8, 4) is 0 Å². The Balaban J connectivity index is 1.80. The van der Waals surface area contributed by atoms with Gasteiger partial charge in [-0.05, 0) is 38.4 Å². The molecular weight excluding hydrogens is 192 g/mol. The molecule has 82 valence electrons. The van der Waals surface area contributed by atoms with Crippen molar-refractivity contribution >= 4 is 5.91 Å². The first-order valence-electron chi connectivity index (χ1n) is 5.32. The zero-order valence-electron chi connectivity index (χ0n) is 8.88. The van der Waals surface area contributed by atoms with Crippen molar-refractivity contribution in [2.75, 3.05) is 6.54 Å². The Kier molecular flexibility index (Phi) is 3.06. The zero-order chi connectivity index (χ0) is 10.7. The minimum Gasteiger partial charge on any atom is -0.465 e. The molecule has 15 heavy (non-hydrogen) atoms. The molecule has 1 aromatic rings. The summed E-state index contributed by atoms with van der Waals surface area (Å²) in [5.41, 5.74) is 0. The molecule has 1 saturated heterocycles. The molecule has 0 radical (unpaired) electrons. The lowest BCUT2D eigenvalue weighted by Crippen LogP contribution is -2.39. The molecule has 2 rings (SSSR count). The average Bonchev–Trinajstić information content (AvgIpc) is 2.84. The number of carbonyl (C=O) groups excluding carboxylic acids is 1. The second-order valence-corrected chi connectivity index (χ2v) is 3.88. The number of hydrogen-bond donors (Lipinski definition) is 2. The molecule has 2 N–H and O–H groups in total. The maximum atomic E-state index is 11.6. The van der Waals surface area contributed by atoms with E-state index in [0.717, 1.165) is 30.9 Å². The van der Waals surface area contributed by atoms with Crippen molar-refractivity contribution < 1.29 is 9.21 Å². The van der Waals surface area contributed by atoms with Crippen LogP contribution in [0.5, 0.6) is 0 Å². The number of furan rings is 1. The summed E-state index contributed by atoms with van der Waals surface area (Å²) in [5, 5.41) is 6.01. The molecule has 0 saturated carbocycles. The van der Waals surface area contributed by atoms with E-state index in [1.807, 2.05) is 19.1 Å². The molecule has 1 aromatic heterocycles. The number of amides is 1. The van der Waals surface area contributed by atoms with Crippen LogP contribution in [-0.4, -0.2) is 18.5 Å². The van der Waals surface area contributed by atoms with Gasteiger partial charge in [0.1, 0.15) is 11.5 Å². The maximum absolute atomic E-state index is 11.6. The highest BCUT2D eigenvalue weighted by Gasteiger charge is 2.21. The van der Waals surface area contributed by atoms with Gasteiger partial charge in [-0.15, -0.1) is 0 Å². The third kappa shape index (κ3) is 2.59. The van der Waals surface area contributed by atoms with Gasteiger partial charge in [-0.3, -0.25) is 4.79 Å². The fraction of sp³-hybridized carbons (Fsp3) is 0.545. The van der Waals surface area contributed by atoms with Crippen molar-refractivity contribution in [1.29, 1.82) is 0 Å². The van der Waals surface area contributed by atoms with Crippen LogP contribution in [0.2, 0.25) is 0 Å². The van der Waals surface area contributed by atoms with Crippen LogP contribution in [0, 0.1) is 6.92 Å². The first-order chi connectivity index (χ1) is 7.25. The van der Waals surface area contributed by atoms with Crippen LogP contribution < -0.4 is 10.6 Å². The van der Waals surface area contributed by atoms with Crippen LogP contribution >= 0.6 is 0 Å². The largest absolute Gasteiger partial charge is 0.465 e. The molecule has 1 amide bonds. The number of nitrogens with one attached hydrogen (secondary N) is 2. The Morgan fingerprint density at radius 2 is 2.53 bits per heavy atom. The quantitative estimate of drug-likeness (QED) is 0.777. The van der Waals surface area contributed by atoms with E-state index in [1.54, 1.807) is 0 Å². The summed E-state index contributed by atoms with van der Waals surface area (Å²) in [6.45, 7) is 3.31. The minimum absolute atomic E-state index is 0.0129. The first kappa shape index (κ1) is 10.2. The average molecular weight is 208 g/mol. The van der Waals surface area contributed by atoms with Gasteiger partial charge in [0.05, 0.1) is 12.6 Å². The van der Waals surface area contributed by atoms with Crippen LogP contribution in [0.1, 0.15) is 24.4 Å². The van der Waals surface area contributed by atoms with Crippen molar-refractivity contribution in [3.63, 3.8) is 0 Å². The van der Waals surface area contributed by atoms with Crippen LogP contribution in [0.15, 0.2) is 16.5 Å². The van der Waals surface area contributed by atoms with Crippen LogP contribution in [0.3, 0.4) is 0 Å². The second-order valence-electron chi connectivity index (χ2n) is 3.88. The number of hydrogen-bond acceptors (Lipinski definition) is 3. The highest BCUT2D eigenvalue weighted by molar-refractivity contribution is 5.81. The Morgan fingerprint density at radius 3 is 3.13 bits per heavy atom. The molecule has 0 spiro atoms. The van der Waals surface area contributed by atoms with Gasteiger partial charge in [0.25, 0.3) is 0 Å². The van der Waals surface area contributed by atoms with E-state index in [9.17, 15) is 4.79 Å². The van der Waals surface area contributed by atoms with E-state index in [0.29, 0.717) is 6.54 Å². The molecule has 0 aromatic carbocycles. The highest BCUT2D eigenvalue weighted by Crippen LogP contribution is 2.07. The van der Waals surface area contributed by atoms with E-state index in [1.165, 1.54) is 0 Å². The standard InChI is InChI=1S/C11H16N2O2/c1-8-4-5-9(15-8)7-13-11(14)10-3-2-6-12-10/h4-5,10,12H,2-3,6-7H2,1H3,(H,13,14). The fourth-order valence-electron chi connectivity index (χ4n) is 1.79. The Bertz CT molecular complexity index is 340. The Hall–Kier alpha value is -1.29. The first-order valence-corrected chi connectivity index (χ1v) is 5.32. The van der Waals surface area contributed by atoms with Gasteiger partial charge < -0.3 is 15.1 Å². The summed E-state index contributed by atoms with van der Waals surface area (Å²) >= 11 is 0. The van der Waals surface area contributed by atoms with E-state index < -0.39 is 0 Å². The predicted octanol–water partition coefficient (Wildman–Crippen LogP) is 0.956. The molecule has 1 atom stereocenters. The van der Waals surface area contributed by atoms with E-state index in [-0.39, 0.29) is 11.9 Å². The molecule has 2 heterocycles. The van der Waals surface area contributed by atoms with E-state index >= 15 is 0 Å². The van der Waals surface area contributed by atoms with Gasteiger partial charge in [-0.25, -0.2) is 0 Å². The summed E-state index contributed by atoms with van der Waals surface area (Å²) in [6, 6.07) is 3.77. The van der Waals surface area contributed by atoms with Gasteiger partial charge in [0.15, 0.2) is 0 Å². The lowest BCUT2D eigenvalue weighted by Gasteiger charge is -2.09. The third-order valence-corrected chi connectivity index (χ3v) is 2.61. The van der Waals surface area contributed by atoms with Gasteiger partial charge in [0.2, 0.25) is 5.91 Å². The monoisotopic (exact) mass is 208 g/mol. The normalized spacial score (nSPS) is 20.5. The van der Waals surface area contributed by atoms with Crippen LogP contribution in [-0.2, 0) is 11.3 Å². The zero-order valence-corrected chi connectivity index (χ0v) is 8.88. The minimum atomic E-state index is -0.0129. The van der Waals surface area contributed by atoms with Crippen molar-refractivity contribution in [2.24, 2.45) is 0 Å². The number of rotatable bonds is 3. The van der Waals surface area contributed by atoms with Crippen molar-refractivity contribution in [2.45, 2.75) is 32.4 Å². The van der Waals surface area contributed by atoms with E-state index in [4.69, 9.17) is 4.42 Å². The molecular formula is C11H16N2O2. The molecule has 1 aliphatic heterocycles. The topological polar surface area (TPSA) is 54.3 Å². The molecule has 1 unspecified atom stereocenters. The molecule has 4 nitrogen and oxygen atoms in total. The lowest BCUT2D eigenvalue weighted by molar-refractivity contribution is -0.123. The fourth-order valence-corrected chi connectivity index (χ4v) is 1.79. The summed E-state index contributed by atoms with van der Waals surface area (Å²) in [7, 11) is 0. The number of carbonyl (C=O) groups is 1. The van der Waals surface area contributed by atoms with Gasteiger partial charge >= 0.3 is 0 Å². The smallest absolute Gasteiger partial charge is 0.237 e. The Labute approximate surface area is 89.0 Å². The molecule has 4 heteroatoms. The summed E-state index contributed by atoms with van der Waals surface area (Å²) in [6.07, 6.45) is 2.01. The Morgan fingerprint density at radius 1 is 1.67 bits per heavy atom. The summed E-state index contributed by atoms with van der Waals surface area (Å²) in [5.74, 6) is 1.75. The third-order valence-electron chi connectivity index (χ3n) is 2.61.